The van der Waals surface area contributed by atoms with Crippen molar-refractivity contribution in [3.8, 4) is 0 Å². The molecule has 0 spiro atoms. The number of carbonyl (C=O) groups is 3. The van der Waals surface area contributed by atoms with Gasteiger partial charge in [-0.2, -0.15) is 4.99 Å². The summed E-state index contributed by atoms with van der Waals surface area (Å²) >= 11 is 1.38. The normalized spacial score (nSPS) is 18.1. The predicted octanol–water partition coefficient (Wildman–Crippen LogP) is 3.63. The zero-order valence-corrected chi connectivity index (χ0v) is 19.2. The number of amides is 3. The van der Waals surface area contributed by atoms with Crippen LogP contribution in [0.2, 0.25) is 0 Å². The molecule has 1 saturated heterocycles. The van der Waals surface area contributed by atoms with Crippen LogP contribution in [0.5, 0.6) is 0 Å². The van der Waals surface area contributed by atoms with Crippen LogP contribution in [0.15, 0.2) is 53.5 Å². The van der Waals surface area contributed by atoms with Crippen LogP contribution < -0.4 is 10.6 Å². The predicted molar refractivity (Wildman–Crippen MR) is 133 cm³/mol. The summed E-state index contributed by atoms with van der Waals surface area (Å²) < 4.78 is 0. The van der Waals surface area contributed by atoms with Crippen LogP contribution >= 0.6 is 11.8 Å². The maximum atomic E-state index is 12.5. The fourth-order valence-corrected chi connectivity index (χ4v) is 5.12. The van der Waals surface area contributed by atoms with Crippen LogP contribution in [0, 0.1) is 0 Å². The topological polar surface area (TPSA) is 120 Å². The Hall–Kier alpha value is -3.66. The van der Waals surface area contributed by atoms with Crippen molar-refractivity contribution in [1.29, 1.82) is 0 Å². The van der Waals surface area contributed by atoms with Gasteiger partial charge in [0, 0.05) is 30.8 Å². The highest BCUT2D eigenvalue weighted by Crippen LogP contribution is 2.29. The number of imidazole rings is 1. The number of anilines is 2. The molecular weight excluding hydrogens is 452 g/mol. The van der Waals surface area contributed by atoms with Crippen LogP contribution in [0.3, 0.4) is 0 Å². The lowest BCUT2D eigenvalue weighted by Gasteiger charge is -2.27. The lowest BCUT2D eigenvalue weighted by Crippen LogP contribution is -2.33. The van der Waals surface area contributed by atoms with Crippen LogP contribution in [-0.2, 0) is 9.59 Å². The second-order valence-electron chi connectivity index (χ2n) is 8.27. The Morgan fingerprint density at radius 3 is 2.56 bits per heavy atom. The molecule has 1 fully saturated rings. The highest BCUT2D eigenvalue weighted by atomic mass is 32.2. The van der Waals surface area contributed by atoms with Crippen LogP contribution in [-0.4, -0.2) is 56.1 Å². The van der Waals surface area contributed by atoms with E-state index in [1.165, 1.54) is 18.2 Å². The third-order valence-corrected chi connectivity index (χ3v) is 6.99. The van der Waals surface area contributed by atoms with Gasteiger partial charge in [0.1, 0.15) is 5.25 Å². The summed E-state index contributed by atoms with van der Waals surface area (Å²) in [5.41, 5.74) is 2.59. The first kappa shape index (κ1) is 22.1. The van der Waals surface area contributed by atoms with Crippen LogP contribution in [0.4, 0.5) is 11.6 Å². The lowest BCUT2D eigenvalue weighted by atomic mass is 10.1. The molecule has 3 aromatic rings. The van der Waals surface area contributed by atoms with Crippen molar-refractivity contribution in [1.82, 2.24) is 14.9 Å². The number of nitrogens with one attached hydrogen (secondary N) is 3. The molecule has 1 atom stereocenters. The van der Waals surface area contributed by atoms with Gasteiger partial charge in [-0.3, -0.25) is 19.7 Å². The minimum atomic E-state index is -0.495. The number of aromatic nitrogens is 2. The van der Waals surface area contributed by atoms with Crippen molar-refractivity contribution in [3.63, 3.8) is 0 Å². The Bertz CT molecular complexity index is 1230. The van der Waals surface area contributed by atoms with Crippen molar-refractivity contribution in [2.75, 3.05) is 23.7 Å². The van der Waals surface area contributed by atoms with Crippen LogP contribution in [0.1, 0.15) is 36.0 Å². The molecule has 174 valence electrons. The molecule has 0 radical (unpaired) electrons. The second-order valence-corrected chi connectivity index (χ2v) is 9.44. The fourth-order valence-electron chi connectivity index (χ4n) is 4.01. The number of rotatable bonds is 5. The number of piperidine rings is 1. The van der Waals surface area contributed by atoms with Gasteiger partial charge in [0.2, 0.25) is 11.9 Å². The molecule has 3 heterocycles. The number of benzene rings is 2. The van der Waals surface area contributed by atoms with E-state index >= 15 is 0 Å². The van der Waals surface area contributed by atoms with Gasteiger partial charge in [0.15, 0.2) is 5.17 Å². The molecule has 10 heteroatoms. The lowest BCUT2D eigenvalue weighted by molar-refractivity contribution is -0.121. The molecule has 0 saturated carbocycles. The molecule has 34 heavy (non-hydrogen) atoms. The minimum Gasteiger partial charge on any atom is -0.351 e. The molecule has 1 aromatic heterocycles. The van der Waals surface area contributed by atoms with E-state index < -0.39 is 5.25 Å². The average molecular weight is 477 g/mol. The minimum absolute atomic E-state index is 0.0542. The van der Waals surface area contributed by atoms with Gasteiger partial charge in [0.25, 0.3) is 11.8 Å². The van der Waals surface area contributed by atoms with Gasteiger partial charge in [-0.25, -0.2) is 4.98 Å². The number of H-pyrrole nitrogens is 1. The molecule has 3 N–H and O–H groups in total. The molecule has 3 amide bonds. The second kappa shape index (κ2) is 9.68. The summed E-state index contributed by atoms with van der Waals surface area (Å²) in [7, 11) is 0. The van der Waals surface area contributed by atoms with E-state index in [4.69, 9.17) is 0 Å². The van der Waals surface area contributed by atoms with Gasteiger partial charge in [0.05, 0.1) is 11.0 Å². The van der Waals surface area contributed by atoms with E-state index in [2.05, 4.69) is 30.5 Å². The number of thioether (sulfide) groups is 1. The Morgan fingerprint density at radius 2 is 1.79 bits per heavy atom. The molecule has 0 bridgehead atoms. The smallest absolute Gasteiger partial charge is 0.262 e. The molecule has 0 unspecified atom stereocenters. The van der Waals surface area contributed by atoms with E-state index in [1.54, 1.807) is 24.3 Å². The monoisotopic (exact) mass is 476 g/mol. The van der Waals surface area contributed by atoms with Gasteiger partial charge < -0.3 is 15.2 Å². The number of nitrogens with zero attached hydrogens (tertiary/aromatic N) is 3. The average Bonchev–Trinajstić information content (AvgIpc) is 3.42. The summed E-state index contributed by atoms with van der Waals surface area (Å²) in [5, 5.41) is 5.78. The molecule has 2 aromatic carbocycles. The van der Waals surface area contributed by atoms with Gasteiger partial charge in [-0.05, 0) is 55.7 Å². The first-order valence-electron chi connectivity index (χ1n) is 11.3. The molecule has 9 nitrogen and oxygen atoms in total. The summed E-state index contributed by atoms with van der Waals surface area (Å²) in [6.07, 6.45) is 3.46. The number of aliphatic imine (C=N–C) groups is 1. The quantitative estimate of drug-likeness (QED) is 0.517. The summed E-state index contributed by atoms with van der Waals surface area (Å²) in [6.45, 7) is 1.82. The summed E-state index contributed by atoms with van der Waals surface area (Å²) in [6, 6.07) is 14.1. The van der Waals surface area contributed by atoms with Gasteiger partial charge >= 0.3 is 0 Å². The first-order valence-corrected chi connectivity index (χ1v) is 12.1. The van der Waals surface area contributed by atoms with Crippen molar-refractivity contribution < 1.29 is 14.4 Å². The van der Waals surface area contributed by atoms with E-state index in [1.807, 2.05) is 24.3 Å². The molecule has 2 aliphatic rings. The number of carbonyl (C=O) groups excluding carboxylic acids is 3. The molecule has 2 aliphatic heterocycles. The van der Waals surface area contributed by atoms with E-state index in [0.717, 1.165) is 42.1 Å². The van der Waals surface area contributed by atoms with E-state index in [-0.39, 0.29) is 24.1 Å². The fraction of sp³-hybridized carbons (Fsp3) is 0.292. The number of hydrogen-bond acceptors (Lipinski definition) is 6. The number of fused-ring (bicyclic) bond motifs is 1. The number of aromatic amines is 1. The van der Waals surface area contributed by atoms with Crippen molar-refractivity contribution >= 4 is 57.3 Å². The number of hydrogen-bond donors (Lipinski definition) is 3. The maximum absolute atomic E-state index is 12.5. The third-order valence-electron chi connectivity index (χ3n) is 5.78. The first-order chi connectivity index (χ1) is 16.5. The zero-order valence-electron chi connectivity index (χ0n) is 18.4. The third kappa shape index (κ3) is 4.96. The highest BCUT2D eigenvalue weighted by Gasteiger charge is 2.33. The standard InChI is InChI=1S/C24H24N6O3S/c31-20(14-19-22(33)29-24(34-19)30-12-4-1-5-13-30)25-16-10-8-15(9-11-16)21(32)28-23-26-17-6-2-3-7-18(17)27-23/h2-3,6-11,19H,1,4-5,12-14H2,(H,25,31)(H2,26,27,28,32)/t19-/m1/s1. The largest absolute Gasteiger partial charge is 0.351 e. The Labute approximate surface area is 200 Å². The molecule has 0 aliphatic carbocycles. The SMILES string of the molecule is O=C(C[C@H]1SC(N2CCCCC2)=NC1=O)Nc1ccc(C(=O)Nc2nc3ccccc3[nH]2)cc1. The molecular formula is C24H24N6O3S. The maximum Gasteiger partial charge on any atom is 0.262 e. The number of para-hydroxylation sites is 2. The van der Waals surface area contributed by atoms with Crippen molar-refractivity contribution in [3.05, 3.63) is 54.1 Å². The highest BCUT2D eigenvalue weighted by molar-refractivity contribution is 8.15. The Kier molecular flexibility index (Phi) is 6.31. The van der Waals surface area contributed by atoms with Gasteiger partial charge in [-0.1, -0.05) is 23.9 Å². The summed E-state index contributed by atoms with van der Waals surface area (Å²) in [5.74, 6) is -0.459. The zero-order chi connectivity index (χ0) is 23.5. The molecule has 5 rings (SSSR count). The Balaban J connectivity index is 1.14. The summed E-state index contributed by atoms with van der Waals surface area (Å²) in [4.78, 5) is 51.0. The number of amidine groups is 1. The van der Waals surface area contributed by atoms with E-state index in [9.17, 15) is 14.4 Å². The van der Waals surface area contributed by atoms with E-state index in [0.29, 0.717) is 17.2 Å². The Morgan fingerprint density at radius 1 is 1.03 bits per heavy atom. The van der Waals surface area contributed by atoms with Crippen LogP contribution in [0.25, 0.3) is 11.0 Å². The van der Waals surface area contributed by atoms with Crippen molar-refractivity contribution in [2.45, 2.75) is 30.9 Å². The number of likely N-dealkylation sites (tertiary alicyclic amines) is 1. The van der Waals surface area contributed by atoms with Crippen molar-refractivity contribution in [2.24, 2.45) is 4.99 Å². The van der Waals surface area contributed by atoms with Gasteiger partial charge in [-0.15, -0.1) is 0 Å².